The summed E-state index contributed by atoms with van der Waals surface area (Å²) < 4.78 is 0. The van der Waals surface area contributed by atoms with Gasteiger partial charge in [-0.25, -0.2) is 9.59 Å². The molecule has 3 atom stereocenters. The summed E-state index contributed by atoms with van der Waals surface area (Å²) in [5.41, 5.74) is 1.32. The van der Waals surface area contributed by atoms with Gasteiger partial charge in [-0.1, -0.05) is 50.6 Å². The third-order valence-electron chi connectivity index (χ3n) is 7.58. The van der Waals surface area contributed by atoms with Gasteiger partial charge in [0, 0.05) is 17.8 Å². The molecule has 13 nitrogen and oxygen atoms in total. The fraction of sp³-hybridized carbons (Fsp3) is 0.419. The monoisotopic (exact) mass is 609 g/mol. The molecule has 1 unspecified atom stereocenters. The summed E-state index contributed by atoms with van der Waals surface area (Å²) in [5.74, 6) is -4.66. The predicted octanol–water partition coefficient (Wildman–Crippen LogP) is 2.80. The van der Waals surface area contributed by atoms with Crippen molar-refractivity contribution in [1.29, 1.82) is 0 Å². The number of carbonyl (C=O) groups excluding carboxylic acids is 4. The average Bonchev–Trinajstić information content (AvgIpc) is 3.76. The minimum atomic E-state index is -1.41. The number of amides is 5. The Balaban J connectivity index is 1.61. The first-order valence-corrected chi connectivity index (χ1v) is 14.4. The maximum Gasteiger partial charge on any atom is 0.329 e. The van der Waals surface area contributed by atoms with Crippen LogP contribution in [-0.2, 0) is 30.4 Å². The number of hydrogen-bond acceptors (Lipinski definition) is 6. The molecule has 1 aliphatic carbocycles. The highest BCUT2D eigenvalue weighted by atomic mass is 16.4. The minimum absolute atomic E-state index is 0.0695. The molecule has 0 spiro atoms. The van der Waals surface area contributed by atoms with Gasteiger partial charge in [-0.3, -0.25) is 19.2 Å². The van der Waals surface area contributed by atoms with Gasteiger partial charge in [-0.05, 0) is 61.4 Å². The lowest BCUT2D eigenvalue weighted by molar-refractivity contribution is -0.144. The Labute approximate surface area is 255 Å². The molecule has 2 aromatic carbocycles. The standard InChI is InChI=1S/C31H39N5O8/c1-4-18(2)26(28(41)33-23(13-14-25(38)39)27(40)36-31(15-16-31)29(42)43)35-24(37)17-20-9-11-21(12-10-20)32-30(44)34-22-8-6-5-7-19(22)3/h5-12,18,23,26H,4,13-17H2,1-3H3,(H,33,41)(H,35,37)(H,36,40)(H,38,39)(H,42,43)(H2,32,34,44)/t18?,23-,26-/m0/s1. The van der Waals surface area contributed by atoms with Gasteiger partial charge in [0.15, 0.2) is 0 Å². The average molecular weight is 610 g/mol. The number of para-hydroxylation sites is 1. The summed E-state index contributed by atoms with van der Waals surface area (Å²) >= 11 is 0. The van der Waals surface area contributed by atoms with Crippen LogP contribution in [0.1, 0.15) is 57.1 Å². The number of urea groups is 1. The van der Waals surface area contributed by atoms with E-state index in [4.69, 9.17) is 5.11 Å². The second-order valence-electron chi connectivity index (χ2n) is 11.1. The van der Waals surface area contributed by atoms with Crippen LogP contribution in [0.15, 0.2) is 48.5 Å². The molecule has 7 N–H and O–H groups in total. The molecule has 0 heterocycles. The summed E-state index contributed by atoms with van der Waals surface area (Å²) in [4.78, 5) is 74.2. The lowest BCUT2D eigenvalue weighted by Gasteiger charge is -2.27. The van der Waals surface area contributed by atoms with Crippen molar-refractivity contribution in [3.63, 3.8) is 0 Å². The van der Waals surface area contributed by atoms with Gasteiger partial charge in [0.1, 0.15) is 17.6 Å². The van der Waals surface area contributed by atoms with E-state index in [1.165, 1.54) is 0 Å². The topological polar surface area (TPSA) is 203 Å². The third kappa shape index (κ3) is 9.54. The highest BCUT2D eigenvalue weighted by Crippen LogP contribution is 2.35. The van der Waals surface area contributed by atoms with Crippen LogP contribution in [0, 0.1) is 12.8 Å². The van der Waals surface area contributed by atoms with E-state index in [2.05, 4.69) is 26.6 Å². The van der Waals surface area contributed by atoms with E-state index in [0.29, 0.717) is 23.4 Å². The molecule has 44 heavy (non-hydrogen) atoms. The Morgan fingerprint density at radius 3 is 2.11 bits per heavy atom. The van der Waals surface area contributed by atoms with E-state index < -0.39 is 59.7 Å². The predicted molar refractivity (Wildman–Crippen MR) is 162 cm³/mol. The number of carboxylic acids is 2. The van der Waals surface area contributed by atoms with Crippen molar-refractivity contribution in [3.8, 4) is 0 Å². The second-order valence-corrected chi connectivity index (χ2v) is 11.1. The molecular weight excluding hydrogens is 570 g/mol. The Kier molecular flexibility index (Phi) is 11.4. The van der Waals surface area contributed by atoms with Crippen LogP contribution in [0.2, 0.25) is 0 Å². The van der Waals surface area contributed by atoms with Crippen molar-refractivity contribution < 1.29 is 39.0 Å². The van der Waals surface area contributed by atoms with Gasteiger partial charge in [0.05, 0.1) is 6.42 Å². The van der Waals surface area contributed by atoms with Crippen molar-refractivity contribution >= 4 is 47.1 Å². The highest BCUT2D eigenvalue weighted by Gasteiger charge is 2.52. The summed E-state index contributed by atoms with van der Waals surface area (Å²) in [6.07, 6.45) is 0.218. The van der Waals surface area contributed by atoms with E-state index in [9.17, 15) is 33.9 Å². The Hall–Kier alpha value is -4.94. The van der Waals surface area contributed by atoms with Crippen LogP contribution >= 0.6 is 0 Å². The Morgan fingerprint density at radius 1 is 0.886 bits per heavy atom. The zero-order valence-electron chi connectivity index (χ0n) is 24.9. The molecule has 0 bridgehead atoms. The van der Waals surface area contributed by atoms with Gasteiger partial charge in [0.2, 0.25) is 17.7 Å². The van der Waals surface area contributed by atoms with Crippen LogP contribution in [-0.4, -0.2) is 63.5 Å². The maximum atomic E-state index is 13.3. The quantitative estimate of drug-likeness (QED) is 0.160. The molecule has 1 aliphatic rings. The Morgan fingerprint density at radius 2 is 1.55 bits per heavy atom. The fourth-order valence-electron chi connectivity index (χ4n) is 4.45. The zero-order chi connectivity index (χ0) is 32.4. The molecule has 1 saturated carbocycles. The van der Waals surface area contributed by atoms with Crippen LogP contribution in [0.4, 0.5) is 16.2 Å². The van der Waals surface area contributed by atoms with Crippen molar-refractivity contribution in [1.82, 2.24) is 16.0 Å². The molecule has 236 valence electrons. The molecule has 13 heteroatoms. The van der Waals surface area contributed by atoms with Crippen molar-refractivity contribution in [2.75, 3.05) is 10.6 Å². The number of nitrogens with one attached hydrogen (secondary N) is 5. The van der Waals surface area contributed by atoms with Crippen LogP contribution < -0.4 is 26.6 Å². The van der Waals surface area contributed by atoms with Crippen LogP contribution in [0.3, 0.4) is 0 Å². The summed E-state index contributed by atoms with van der Waals surface area (Å²) in [5, 5.41) is 31.7. The summed E-state index contributed by atoms with van der Waals surface area (Å²) in [6.45, 7) is 5.46. The van der Waals surface area contributed by atoms with E-state index in [-0.39, 0.29) is 31.6 Å². The largest absolute Gasteiger partial charge is 0.481 e. The van der Waals surface area contributed by atoms with E-state index >= 15 is 0 Å². The van der Waals surface area contributed by atoms with Gasteiger partial charge >= 0.3 is 18.0 Å². The van der Waals surface area contributed by atoms with Gasteiger partial charge in [-0.2, -0.15) is 0 Å². The number of benzene rings is 2. The number of carboxylic acid groups (broad SMARTS) is 2. The normalized spacial score (nSPS) is 15.1. The first-order chi connectivity index (χ1) is 20.8. The molecule has 3 rings (SSSR count). The van der Waals surface area contributed by atoms with Crippen molar-refractivity contribution in [2.24, 2.45) is 5.92 Å². The van der Waals surface area contributed by atoms with Gasteiger partial charge < -0.3 is 36.8 Å². The molecule has 0 aromatic heterocycles. The van der Waals surface area contributed by atoms with E-state index in [1.807, 2.05) is 32.0 Å². The number of carbonyl (C=O) groups is 6. The van der Waals surface area contributed by atoms with Crippen LogP contribution in [0.5, 0.6) is 0 Å². The van der Waals surface area contributed by atoms with Crippen molar-refractivity contribution in [3.05, 3.63) is 59.7 Å². The van der Waals surface area contributed by atoms with Gasteiger partial charge in [0.25, 0.3) is 0 Å². The van der Waals surface area contributed by atoms with E-state index in [1.54, 1.807) is 37.3 Å². The number of anilines is 2. The lowest BCUT2D eigenvalue weighted by atomic mass is 9.97. The molecule has 0 radical (unpaired) electrons. The van der Waals surface area contributed by atoms with Gasteiger partial charge in [-0.15, -0.1) is 0 Å². The first kappa shape index (κ1) is 33.6. The van der Waals surface area contributed by atoms with Crippen molar-refractivity contribution in [2.45, 2.75) is 76.9 Å². The SMILES string of the molecule is CCC(C)[C@H](NC(=O)Cc1ccc(NC(=O)Nc2ccccc2C)cc1)C(=O)N[C@@H](CCC(=O)O)C(=O)NC1(C(=O)O)CC1. The third-order valence-corrected chi connectivity index (χ3v) is 7.58. The molecule has 1 fully saturated rings. The molecule has 0 saturated heterocycles. The Bertz CT molecular complexity index is 1390. The fourth-order valence-corrected chi connectivity index (χ4v) is 4.45. The smallest absolute Gasteiger partial charge is 0.329 e. The molecule has 2 aromatic rings. The molecular formula is C31H39N5O8. The summed E-state index contributed by atoms with van der Waals surface area (Å²) in [7, 11) is 0. The second kappa shape index (κ2) is 15.0. The van der Waals surface area contributed by atoms with Crippen LogP contribution in [0.25, 0.3) is 0 Å². The highest BCUT2D eigenvalue weighted by molar-refractivity contribution is 6.00. The number of aryl methyl sites for hydroxylation is 1. The number of rotatable bonds is 15. The maximum absolute atomic E-state index is 13.3. The van der Waals surface area contributed by atoms with E-state index in [0.717, 1.165) is 5.56 Å². The molecule has 5 amide bonds. The minimum Gasteiger partial charge on any atom is -0.481 e. The first-order valence-electron chi connectivity index (χ1n) is 14.4. The molecule has 0 aliphatic heterocycles. The zero-order valence-corrected chi connectivity index (χ0v) is 24.9. The number of hydrogen-bond donors (Lipinski definition) is 7. The lowest BCUT2D eigenvalue weighted by Crippen LogP contribution is -2.57. The number of aliphatic carboxylic acids is 2. The summed E-state index contributed by atoms with van der Waals surface area (Å²) in [6, 6.07) is 11.2.